The molecule has 0 aliphatic rings. The van der Waals surface area contributed by atoms with Crippen LogP contribution >= 0.6 is 0 Å². The molecule has 10 aromatic carbocycles. The number of hydrogen-bond donors (Lipinski definition) is 0. The Morgan fingerprint density at radius 1 is 0.116 bits per heavy atom. The molecule has 0 atom stereocenters. The summed E-state index contributed by atoms with van der Waals surface area (Å²) >= 11 is 0. The van der Waals surface area contributed by atoms with Gasteiger partial charge >= 0.3 is 0 Å². The number of aryl methyl sites for hydroxylation is 6. The molecule has 0 aromatic heterocycles. The third kappa shape index (κ3) is 40.5. The van der Waals surface area contributed by atoms with E-state index in [1.54, 1.807) is 0 Å². The SMILES string of the molecule is CCCCCCCCCCc1ccc2c#cc#cc3c4c#cc#cc5ccc(CCCCCCCCCC)cc5c#cc#cc5cc(CCCCCCCCCC)ccc5c#cc#cc4c4c#cc#cc5ccc(CCCCCCCCCC)cc5c#cc#cc5cc(CCCCCCCCCC)ccc5c#cc#cc4c3c#cc#cc3ccc(CCCCCCCCCC)cc3c#cc#cc2c1. The van der Waals surface area contributed by atoms with Crippen LogP contribution in [0.15, 0.2) is 109 Å². The van der Waals surface area contributed by atoms with E-state index < -0.39 is 0 Å². The second-order valence-electron chi connectivity index (χ2n) is 37.4. The molecule has 0 aliphatic carbocycles. The topological polar surface area (TPSA) is 0 Å². The minimum absolute atomic E-state index is 0.399. The molecule has 138 heavy (non-hydrogen) atoms. The van der Waals surface area contributed by atoms with Gasteiger partial charge in [0.25, 0.3) is 0 Å². The quantitative estimate of drug-likeness (QED) is 0.0333. The van der Waals surface area contributed by atoms with E-state index >= 15 is 0 Å². The van der Waals surface area contributed by atoms with E-state index in [-0.39, 0.29) is 0 Å². The van der Waals surface area contributed by atoms with Gasteiger partial charge in [0, 0.05) is 64.6 Å². The molecule has 0 saturated heterocycles. The maximum absolute atomic E-state index is 3.57. The van der Waals surface area contributed by atoms with E-state index in [4.69, 9.17) is 0 Å². The zero-order valence-electron chi connectivity index (χ0n) is 84.6. The molecule has 0 saturated carbocycles. The monoisotopic (exact) mass is 1800 g/mol. The van der Waals surface area contributed by atoms with Crippen molar-refractivity contribution >= 4 is 97.0 Å². The van der Waals surface area contributed by atoms with Crippen LogP contribution < -0.4 is 0 Å². The molecule has 10 rings (SSSR count). The Balaban J connectivity index is 1.30. The van der Waals surface area contributed by atoms with Gasteiger partial charge in [-0.05, 0) is 292 Å². The Bertz CT molecular complexity index is 4910. The summed E-state index contributed by atoms with van der Waals surface area (Å²) in [6.45, 7) is 13.7. The summed E-state index contributed by atoms with van der Waals surface area (Å²) < 4.78 is 0. The summed E-state index contributed by atoms with van der Waals surface area (Å²) in [7, 11) is 0. The fourth-order valence-electron chi connectivity index (χ4n) is 17.8. The maximum Gasteiger partial charge on any atom is 0.0595 e. The van der Waals surface area contributed by atoms with E-state index in [9.17, 15) is 0 Å². The Labute approximate surface area is 840 Å². The van der Waals surface area contributed by atoms with Crippen LogP contribution in [0.3, 0.4) is 0 Å². The van der Waals surface area contributed by atoms with Gasteiger partial charge in [-0.2, -0.15) is 0 Å². The molecule has 0 unspecified atom stereocenters. The molecule has 0 fully saturated rings. The first-order valence-corrected chi connectivity index (χ1v) is 53.5. The number of unbranched alkanes of at least 4 members (excludes halogenated alkanes) is 42. The van der Waals surface area contributed by atoms with Crippen LogP contribution in [0.1, 0.15) is 383 Å². The second-order valence-corrected chi connectivity index (χ2v) is 37.4. The lowest BCUT2D eigenvalue weighted by Crippen LogP contribution is -1.86. The van der Waals surface area contributed by atoms with Gasteiger partial charge in [0.05, 0.1) is 32.3 Å². The molecule has 0 bridgehead atoms. The van der Waals surface area contributed by atoms with Crippen molar-refractivity contribution in [3.05, 3.63) is 361 Å². The van der Waals surface area contributed by atoms with Crippen molar-refractivity contribution in [1.29, 1.82) is 0 Å². The fourth-order valence-corrected chi connectivity index (χ4v) is 17.8. The highest BCUT2D eigenvalue weighted by Gasteiger charge is 2.09. The van der Waals surface area contributed by atoms with E-state index in [1.807, 2.05) is 0 Å². The van der Waals surface area contributed by atoms with Gasteiger partial charge in [0.2, 0.25) is 0 Å². The van der Waals surface area contributed by atoms with Crippen molar-refractivity contribution < 1.29 is 0 Å². The predicted octanol–water partition coefficient (Wildman–Crippen LogP) is 37.1. The summed E-state index contributed by atoms with van der Waals surface area (Å²) in [6, 6.07) is 161. The molecule has 696 valence electrons. The molecule has 0 nitrogen and oxygen atoms in total. The van der Waals surface area contributed by atoms with Gasteiger partial charge in [-0.15, -0.1) is 0 Å². The summed E-state index contributed by atoms with van der Waals surface area (Å²) in [5.74, 6) is 0. The molecule has 0 aliphatic heterocycles. The van der Waals surface area contributed by atoms with Gasteiger partial charge in [-0.3, -0.25) is 0 Å². The largest absolute Gasteiger partial charge is 0.0654 e. The van der Waals surface area contributed by atoms with Crippen molar-refractivity contribution in [2.45, 2.75) is 388 Å². The van der Waals surface area contributed by atoms with Crippen molar-refractivity contribution in [1.82, 2.24) is 0 Å². The molecule has 0 heterocycles. The van der Waals surface area contributed by atoms with Crippen LogP contribution in [0.5, 0.6) is 0 Å². The predicted molar refractivity (Wildman–Crippen MR) is 579 cm³/mol. The average Bonchev–Trinajstić information content (AvgIpc) is 0.763. The van der Waals surface area contributed by atoms with Crippen LogP contribution in [0.4, 0.5) is 0 Å². The number of fused-ring (bicyclic) bond motifs is 12. The number of benzene rings is 7. The Kier molecular flexibility index (Phi) is 51.7. The Hall–Kier alpha value is -13.4. The molecular formula is C138H144. The normalized spacial score (nSPS) is 10.0. The molecule has 10 aromatic rings. The lowest BCUT2D eigenvalue weighted by atomic mass is 10.0. The third-order valence-corrected chi connectivity index (χ3v) is 26.0. The molecule has 0 heteroatoms. The number of rotatable bonds is 54. The van der Waals surface area contributed by atoms with Crippen molar-refractivity contribution in [2.75, 3.05) is 0 Å². The summed E-state index contributed by atoms with van der Waals surface area (Å²) in [6.07, 6.45) is 65.2. The Morgan fingerprint density at radius 2 is 0.225 bits per heavy atom. The van der Waals surface area contributed by atoms with Crippen molar-refractivity contribution in [2.24, 2.45) is 0 Å². The van der Waals surface area contributed by atoms with E-state index in [0.717, 1.165) is 142 Å². The second kappa shape index (κ2) is 67.0. The minimum atomic E-state index is 0.399. The molecule has 0 N–H and O–H groups in total. The first-order valence-electron chi connectivity index (χ1n) is 53.5. The lowest BCUT2D eigenvalue weighted by Gasteiger charge is -2.03. The highest BCUT2D eigenvalue weighted by Crippen LogP contribution is 2.30. The first kappa shape index (κ1) is 107. The summed E-state index contributed by atoms with van der Waals surface area (Å²) in [5.41, 5.74) is 7.26. The van der Waals surface area contributed by atoms with Crippen molar-refractivity contribution in [3.63, 3.8) is 0 Å². The first-order chi connectivity index (χ1) is 68.3. The molecule has 0 radical (unpaired) electrons. The van der Waals surface area contributed by atoms with Gasteiger partial charge in [-0.25, -0.2) is 0 Å². The highest BCUT2D eigenvalue weighted by atomic mass is 14.1. The highest BCUT2D eigenvalue weighted by molar-refractivity contribution is 6.22. The lowest BCUT2D eigenvalue weighted by molar-refractivity contribution is 0.575. The van der Waals surface area contributed by atoms with Gasteiger partial charge in [0.1, 0.15) is 0 Å². The maximum atomic E-state index is 3.57. The summed E-state index contributed by atoms with van der Waals surface area (Å²) in [5, 5.41) is 11.5. The standard InChI is InChI=1S/C138H144/c1-7-13-19-25-31-37-43-49-73-115-97-103-121-79-61-67-91-133-134(92-68-62-80-122-104-98-116(74-50-44-38-32-26-20-14-8-2)110-128(122)86-56-55-85-127(121)109-115)136-94-70-64-82-124-106-100-118(76-52-46-40-34-28-22-16-10-4)113-131(124)89-59-60-90-132-114-120(78-54-48-42-36-30-24-18-12-6)102-108-126(132)84-66-72-96-138(136)137-95-71-65-83-125-107-101-119(77-53-47-41-35-29-23-17-11-5)112-130(125)88-58-57-87-129-111-117(75-51-45-39-33-27-21-15-9-3)99-105-123(129)81-63-69-93-135(133)137/h97-114H,7-54,73-78H2,1-6H3. The van der Waals surface area contributed by atoms with E-state index in [0.29, 0.717) is 32.3 Å². The van der Waals surface area contributed by atoms with Crippen LogP contribution in [-0.4, -0.2) is 0 Å². The molecular weight excluding hydrogens is 1660 g/mol. The van der Waals surface area contributed by atoms with Gasteiger partial charge in [0.15, 0.2) is 0 Å². The molecule has 0 spiro atoms. The molecule has 0 amide bonds. The van der Waals surface area contributed by atoms with E-state index in [2.05, 4.69) is 369 Å². The zero-order valence-corrected chi connectivity index (χ0v) is 84.6. The number of hydrogen-bond acceptors (Lipinski definition) is 0. The zero-order chi connectivity index (χ0) is 96.2. The van der Waals surface area contributed by atoms with Gasteiger partial charge in [-0.1, -0.05) is 457 Å². The Morgan fingerprint density at radius 3 is 0.355 bits per heavy atom. The van der Waals surface area contributed by atoms with E-state index in [1.165, 1.54) is 303 Å². The van der Waals surface area contributed by atoms with Crippen LogP contribution in [0.2, 0.25) is 0 Å². The van der Waals surface area contributed by atoms with Crippen molar-refractivity contribution in [3.8, 4) is 0 Å². The van der Waals surface area contributed by atoms with Crippen LogP contribution in [0, 0.1) is 218 Å². The fraction of sp³-hybridized carbons (Fsp3) is 0.435. The minimum Gasteiger partial charge on any atom is -0.0654 e. The summed E-state index contributed by atoms with van der Waals surface area (Å²) in [4.78, 5) is 0. The third-order valence-electron chi connectivity index (χ3n) is 26.0. The average molecular weight is 1800 g/mol. The van der Waals surface area contributed by atoms with Crippen LogP contribution in [0.25, 0.3) is 97.0 Å². The van der Waals surface area contributed by atoms with Gasteiger partial charge < -0.3 is 0 Å². The smallest absolute Gasteiger partial charge is 0.0595 e. The van der Waals surface area contributed by atoms with Crippen LogP contribution in [-0.2, 0) is 38.5 Å².